The maximum Gasteiger partial charge on any atom is 0.255 e. The number of benzene rings is 3. The summed E-state index contributed by atoms with van der Waals surface area (Å²) in [7, 11) is 0. The molecule has 26 heavy (non-hydrogen) atoms. The Hall–Kier alpha value is -3.31. The van der Waals surface area contributed by atoms with Gasteiger partial charge in [-0.25, -0.2) is 4.98 Å². The van der Waals surface area contributed by atoms with Crippen LogP contribution in [-0.4, -0.2) is 16.0 Å². The van der Waals surface area contributed by atoms with Crippen LogP contribution >= 0.6 is 11.6 Å². The molecule has 6 heteroatoms. The quantitative estimate of drug-likeness (QED) is 0.530. The van der Waals surface area contributed by atoms with Crippen LogP contribution in [0.2, 0.25) is 5.02 Å². The highest BCUT2D eigenvalue weighted by molar-refractivity contribution is 6.31. The molecule has 0 aliphatic carbocycles. The van der Waals surface area contributed by atoms with E-state index in [1.54, 1.807) is 36.4 Å². The smallest absolute Gasteiger partial charge is 0.255 e. The largest absolute Gasteiger partial charge is 0.507 e. The van der Waals surface area contributed by atoms with Crippen LogP contribution in [0, 0.1) is 0 Å². The summed E-state index contributed by atoms with van der Waals surface area (Å²) in [6.07, 6.45) is 0. The highest BCUT2D eigenvalue weighted by atomic mass is 35.5. The Balaban J connectivity index is 1.60. The van der Waals surface area contributed by atoms with Gasteiger partial charge in [-0.3, -0.25) is 4.79 Å². The zero-order chi connectivity index (χ0) is 18.1. The number of fused-ring (bicyclic) bond motifs is 1. The average molecular weight is 365 g/mol. The number of amides is 1. The molecule has 0 unspecified atom stereocenters. The van der Waals surface area contributed by atoms with Gasteiger partial charge >= 0.3 is 0 Å². The van der Waals surface area contributed by atoms with Gasteiger partial charge in [0, 0.05) is 22.3 Å². The lowest BCUT2D eigenvalue weighted by molar-refractivity contribution is 0.102. The SMILES string of the molecule is O=C(Nc1ccc(-c2nc3ccccc3o2)c(O)c1)c1cccc(Cl)c1. The number of oxazole rings is 1. The molecule has 3 aromatic carbocycles. The van der Waals surface area contributed by atoms with E-state index in [0.29, 0.717) is 38.8 Å². The Morgan fingerprint density at radius 2 is 1.88 bits per heavy atom. The molecule has 1 amide bonds. The van der Waals surface area contributed by atoms with E-state index in [4.69, 9.17) is 16.0 Å². The van der Waals surface area contributed by atoms with Crippen molar-refractivity contribution in [2.75, 3.05) is 5.32 Å². The summed E-state index contributed by atoms with van der Waals surface area (Å²) < 4.78 is 5.67. The van der Waals surface area contributed by atoms with Gasteiger partial charge in [0.05, 0.1) is 5.56 Å². The lowest BCUT2D eigenvalue weighted by atomic mass is 10.1. The van der Waals surface area contributed by atoms with E-state index >= 15 is 0 Å². The zero-order valence-electron chi connectivity index (χ0n) is 13.4. The van der Waals surface area contributed by atoms with E-state index in [2.05, 4.69) is 10.3 Å². The number of halogens is 1. The number of carbonyl (C=O) groups is 1. The van der Waals surface area contributed by atoms with E-state index in [-0.39, 0.29) is 11.7 Å². The van der Waals surface area contributed by atoms with Crippen molar-refractivity contribution in [3.63, 3.8) is 0 Å². The van der Waals surface area contributed by atoms with Gasteiger partial charge in [-0.2, -0.15) is 0 Å². The summed E-state index contributed by atoms with van der Waals surface area (Å²) >= 11 is 5.90. The van der Waals surface area contributed by atoms with Crippen molar-refractivity contribution >= 4 is 34.3 Å². The number of phenols is 1. The lowest BCUT2D eigenvalue weighted by Crippen LogP contribution is -2.11. The summed E-state index contributed by atoms with van der Waals surface area (Å²) in [4.78, 5) is 16.6. The number of para-hydroxylation sites is 2. The van der Waals surface area contributed by atoms with E-state index in [0.717, 1.165) is 0 Å². The molecular formula is C20H13ClN2O3. The Kier molecular flexibility index (Phi) is 4.07. The second kappa shape index (κ2) is 6.54. The molecule has 5 nitrogen and oxygen atoms in total. The molecule has 0 aliphatic rings. The first-order chi connectivity index (χ1) is 12.6. The van der Waals surface area contributed by atoms with Crippen LogP contribution in [-0.2, 0) is 0 Å². The third-order valence-electron chi connectivity index (χ3n) is 3.87. The first kappa shape index (κ1) is 16.2. The fourth-order valence-electron chi connectivity index (χ4n) is 2.61. The molecule has 0 saturated heterocycles. The van der Waals surface area contributed by atoms with E-state index in [1.165, 1.54) is 6.07 Å². The first-order valence-electron chi connectivity index (χ1n) is 7.86. The molecule has 0 fully saturated rings. The maximum absolute atomic E-state index is 12.3. The summed E-state index contributed by atoms with van der Waals surface area (Å²) in [6.45, 7) is 0. The summed E-state index contributed by atoms with van der Waals surface area (Å²) in [5.74, 6) is -0.0432. The normalized spacial score (nSPS) is 10.8. The van der Waals surface area contributed by atoms with Gasteiger partial charge in [0.25, 0.3) is 5.91 Å². The van der Waals surface area contributed by atoms with Gasteiger partial charge in [0.2, 0.25) is 5.89 Å². The lowest BCUT2D eigenvalue weighted by Gasteiger charge is -2.07. The van der Waals surface area contributed by atoms with Gasteiger partial charge in [-0.05, 0) is 42.5 Å². The minimum absolute atomic E-state index is 0.0412. The maximum atomic E-state index is 12.3. The molecule has 0 aliphatic heterocycles. The highest BCUT2D eigenvalue weighted by Gasteiger charge is 2.14. The fraction of sp³-hybridized carbons (Fsp3) is 0. The van der Waals surface area contributed by atoms with Crippen molar-refractivity contribution < 1.29 is 14.3 Å². The molecule has 4 rings (SSSR count). The highest BCUT2D eigenvalue weighted by Crippen LogP contribution is 2.33. The molecular weight excluding hydrogens is 352 g/mol. The van der Waals surface area contributed by atoms with Crippen LogP contribution in [0.4, 0.5) is 5.69 Å². The number of anilines is 1. The van der Waals surface area contributed by atoms with Gasteiger partial charge in [-0.15, -0.1) is 0 Å². The summed E-state index contributed by atoms with van der Waals surface area (Å²) in [6, 6.07) is 18.8. The Morgan fingerprint density at radius 1 is 1.04 bits per heavy atom. The van der Waals surface area contributed by atoms with E-state index in [1.807, 2.05) is 24.3 Å². The third-order valence-corrected chi connectivity index (χ3v) is 4.10. The minimum atomic E-state index is -0.318. The van der Waals surface area contributed by atoms with Crippen molar-refractivity contribution in [3.05, 3.63) is 77.3 Å². The Labute approximate surface area is 153 Å². The van der Waals surface area contributed by atoms with Crippen LogP contribution in [0.5, 0.6) is 5.75 Å². The summed E-state index contributed by atoms with van der Waals surface area (Å²) in [5, 5.41) is 13.5. The number of nitrogens with zero attached hydrogens (tertiary/aromatic N) is 1. The predicted octanol–water partition coefficient (Wildman–Crippen LogP) is 5.11. The topological polar surface area (TPSA) is 75.4 Å². The third kappa shape index (κ3) is 3.12. The standard InChI is InChI=1S/C20H13ClN2O3/c21-13-5-3-4-12(10-13)19(25)22-14-8-9-15(17(24)11-14)20-23-16-6-1-2-7-18(16)26-20/h1-11,24H,(H,22,25). The van der Waals surface area contributed by atoms with Crippen molar-refractivity contribution in [2.24, 2.45) is 0 Å². The number of phenolic OH excluding ortho intramolecular Hbond substituents is 1. The molecule has 128 valence electrons. The molecule has 0 atom stereocenters. The van der Waals surface area contributed by atoms with Crippen molar-refractivity contribution in [1.29, 1.82) is 0 Å². The number of hydrogen-bond donors (Lipinski definition) is 2. The molecule has 0 spiro atoms. The molecule has 1 heterocycles. The van der Waals surface area contributed by atoms with E-state index < -0.39 is 0 Å². The second-order valence-electron chi connectivity index (χ2n) is 5.68. The number of nitrogens with one attached hydrogen (secondary N) is 1. The number of hydrogen-bond acceptors (Lipinski definition) is 4. The molecule has 0 radical (unpaired) electrons. The molecule has 0 saturated carbocycles. The van der Waals surface area contributed by atoms with Crippen LogP contribution in [0.15, 0.2) is 71.1 Å². The molecule has 1 aromatic heterocycles. The minimum Gasteiger partial charge on any atom is -0.507 e. The van der Waals surface area contributed by atoms with Crippen molar-refractivity contribution in [1.82, 2.24) is 4.98 Å². The number of aromatic nitrogens is 1. The Morgan fingerprint density at radius 3 is 2.65 bits per heavy atom. The molecule has 4 aromatic rings. The van der Waals surface area contributed by atoms with E-state index in [9.17, 15) is 9.90 Å². The van der Waals surface area contributed by atoms with Crippen LogP contribution in [0.25, 0.3) is 22.6 Å². The van der Waals surface area contributed by atoms with Gasteiger partial charge in [0.1, 0.15) is 11.3 Å². The van der Waals surface area contributed by atoms with Crippen molar-refractivity contribution in [3.8, 4) is 17.2 Å². The summed E-state index contributed by atoms with van der Waals surface area (Å²) in [5.41, 5.74) is 2.68. The van der Waals surface area contributed by atoms with Gasteiger partial charge < -0.3 is 14.8 Å². The first-order valence-corrected chi connectivity index (χ1v) is 8.24. The monoisotopic (exact) mass is 364 g/mol. The number of carbonyl (C=O) groups excluding carboxylic acids is 1. The Bertz CT molecular complexity index is 1090. The second-order valence-corrected chi connectivity index (χ2v) is 6.12. The molecule has 2 N–H and O–H groups in total. The zero-order valence-corrected chi connectivity index (χ0v) is 14.2. The van der Waals surface area contributed by atoms with Crippen molar-refractivity contribution in [2.45, 2.75) is 0 Å². The average Bonchev–Trinajstić information content (AvgIpc) is 3.05. The van der Waals surface area contributed by atoms with Crippen LogP contribution < -0.4 is 5.32 Å². The van der Waals surface area contributed by atoms with Crippen LogP contribution in [0.1, 0.15) is 10.4 Å². The molecule has 0 bridgehead atoms. The van der Waals surface area contributed by atoms with Gasteiger partial charge in [0.15, 0.2) is 5.58 Å². The number of rotatable bonds is 3. The van der Waals surface area contributed by atoms with Gasteiger partial charge in [-0.1, -0.05) is 29.8 Å². The predicted molar refractivity (Wildman–Crippen MR) is 101 cm³/mol. The van der Waals surface area contributed by atoms with Crippen LogP contribution in [0.3, 0.4) is 0 Å². The fourth-order valence-corrected chi connectivity index (χ4v) is 2.80. The number of aromatic hydroxyl groups is 1.